The molecule has 0 aliphatic carbocycles. The fraction of sp³-hybridized carbons (Fsp3) is 0.0652. The molecule has 0 bridgehead atoms. The number of rotatable bonds is 4. The molecule has 7 aromatic carbocycles. The van der Waals surface area contributed by atoms with Crippen LogP contribution in [-0.4, -0.2) is 14.3 Å². The highest BCUT2D eigenvalue weighted by atomic mass is 15.3. The van der Waals surface area contributed by atoms with Gasteiger partial charge in [-0.3, -0.25) is 0 Å². The highest BCUT2D eigenvalue weighted by Gasteiger charge is 2.36. The first-order valence-electron chi connectivity index (χ1n) is 17.2. The molecule has 3 heterocycles. The summed E-state index contributed by atoms with van der Waals surface area (Å²) in [5, 5.41) is 8.67. The Morgan fingerprint density at radius 2 is 1.12 bits per heavy atom. The number of para-hydroxylation sites is 3. The van der Waals surface area contributed by atoms with Gasteiger partial charge in [0.1, 0.15) is 0 Å². The Bertz CT molecular complexity index is 2680. The van der Waals surface area contributed by atoms with Crippen molar-refractivity contribution in [1.82, 2.24) is 14.3 Å². The normalized spacial score (nSPS) is 13.5. The van der Waals surface area contributed by atoms with Crippen LogP contribution in [0.5, 0.6) is 0 Å². The van der Waals surface area contributed by atoms with E-state index in [-0.39, 0.29) is 5.41 Å². The van der Waals surface area contributed by atoms with E-state index in [1.165, 1.54) is 49.9 Å². The fourth-order valence-corrected chi connectivity index (χ4v) is 8.11. The predicted molar refractivity (Wildman–Crippen MR) is 208 cm³/mol. The van der Waals surface area contributed by atoms with Gasteiger partial charge in [0.05, 0.1) is 33.6 Å². The molecule has 0 fully saturated rings. The third-order valence-corrected chi connectivity index (χ3v) is 10.5. The average Bonchev–Trinajstić information content (AvgIpc) is 3.76. The summed E-state index contributed by atoms with van der Waals surface area (Å²) >= 11 is 0. The fourth-order valence-electron chi connectivity index (χ4n) is 8.11. The molecule has 1 aliphatic heterocycles. The maximum absolute atomic E-state index is 5.10. The van der Waals surface area contributed by atoms with E-state index < -0.39 is 0 Å². The van der Waals surface area contributed by atoms with Crippen molar-refractivity contribution in [2.75, 3.05) is 4.90 Å². The van der Waals surface area contributed by atoms with Crippen LogP contribution in [-0.2, 0) is 5.41 Å². The van der Waals surface area contributed by atoms with Crippen LogP contribution in [0.1, 0.15) is 25.0 Å². The van der Waals surface area contributed by atoms with Crippen molar-refractivity contribution < 1.29 is 0 Å². The van der Waals surface area contributed by atoms with Crippen molar-refractivity contribution in [2.24, 2.45) is 0 Å². The van der Waals surface area contributed by atoms with Gasteiger partial charge in [0.15, 0.2) is 0 Å². The molecule has 0 amide bonds. The van der Waals surface area contributed by atoms with Gasteiger partial charge < -0.3 is 9.47 Å². The molecule has 4 heteroatoms. The lowest BCUT2D eigenvalue weighted by molar-refractivity contribution is 0.632. The lowest BCUT2D eigenvalue weighted by Crippen LogP contribution is -2.30. The molecule has 0 spiro atoms. The number of hydrogen-bond donors (Lipinski definition) is 0. The minimum absolute atomic E-state index is 0.0920. The summed E-state index contributed by atoms with van der Waals surface area (Å²) in [6.45, 7) is 4.66. The summed E-state index contributed by atoms with van der Waals surface area (Å²) in [7, 11) is 0. The minimum atomic E-state index is -0.0920. The van der Waals surface area contributed by atoms with E-state index >= 15 is 0 Å². The van der Waals surface area contributed by atoms with Gasteiger partial charge in [0.25, 0.3) is 0 Å². The second-order valence-corrected chi connectivity index (χ2v) is 13.7. The van der Waals surface area contributed by atoms with Gasteiger partial charge in [-0.1, -0.05) is 111 Å². The molecular weight excluding hydrogens is 609 g/mol. The van der Waals surface area contributed by atoms with Gasteiger partial charge in [-0.25, -0.2) is 4.68 Å². The first kappa shape index (κ1) is 28.6. The van der Waals surface area contributed by atoms with Crippen LogP contribution in [0.3, 0.4) is 0 Å². The lowest BCUT2D eigenvalue weighted by atomic mass is 9.73. The summed E-state index contributed by atoms with van der Waals surface area (Å²) in [6.07, 6.45) is 2.19. The van der Waals surface area contributed by atoms with E-state index in [4.69, 9.17) is 5.10 Å². The maximum Gasteiger partial charge on any atom is 0.0949 e. The van der Waals surface area contributed by atoms with E-state index in [9.17, 15) is 0 Å². The van der Waals surface area contributed by atoms with Gasteiger partial charge in [0.2, 0.25) is 0 Å². The van der Waals surface area contributed by atoms with Gasteiger partial charge >= 0.3 is 0 Å². The highest BCUT2D eigenvalue weighted by molar-refractivity contribution is 6.18. The largest absolute Gasteiger partial charge is 0.310 e. The first-order chi connectivity index (χ1) is 24.6. The zero-order valence-electron chi connectivity index (χ0n) is 28.0. The average molecular weight is 643 g/mol. The monoisotopic (exact) mass is 642 g/mol. The quantitative estimate of drug-likeness (QED) is 0.191. The van der Waals surface area contributed by atoms with Crippen LogP contribution in [0.4, 0.5) is 17.1 Å². The van der Waals surface area contributed by atoms with E-state index in [2.05, 4.69) is 193 Å². The van der Waals surface area contributed by atoms with Crippen LogP contribution >= 0.6 is 0 Å². The van der Waals surface area contributed by atoms with Gasteiger partial charge in [-0.2, -0.15) is 5.10 Å². The Kier molecular flexibility index (Phi) is 6.19. The van der Waals surface area contributed by atoms with Crippen molar-refractivity contribution in [1.29, 1.82) is 0 Å². The third kappa shape index (κ3) is 4.21. The molecule has 0 saturated carbocycles. The van der Waals surface area contributed by atoms with Crippen molar-refractivity contribution in [3.8, 4) is 22.5 Å². The van der Waals surface area contributed by atoms with E-state index in [0.29, 0.717) is 0 Å². The molecule has 50 heavy (non-hydrogen) atoms. The Morgan fingerprint density at radius 3 is 1.88 bits per heavy atom. The second-order valence-electron chi connectivity index (χ2n) is 13.7. The van der Waals surface area contributed by atoms with Crippen LogP contribution < -0.4 is 4.90 Å². The molecule has 0 saturated heterocycles. The predicted octanol–water partition coefficient (Wildman–Crippen LogP) is 11.9. The molecule has 0 N–H and O–H groups in total. The molecule has 238 valence electrons. The van der Waals surface area contributed by atoms with Crippen LogP contribution in [0.25, 0.3) is 55.2 Å². The number of anilines is 3. The summed E-state index contributed by atoms with van der Waals surface area (Å²) in [5.41, 5.74) is 14.0. The number of aromatic nitrogens is 3. The Labute approximate surface area is 291 Å². The Morgan fingerprint density at radius 1 is 0.480 bits per heavy atom. The van der Waals surface area contributed by atoms with E-state index in [1.807, 2.05) is 4.68 Å². The molecule has 10 rings (SSSR count). The molecule has 0 radical (unpaired) electrons. The standard InChI is InChI=1S/C46H34N4/c1-46(2)39-18-7-10-21-43(39)49(44-22-11-8-19-40(44)46)33-23-25-34(26-24-33)50-42-20-9-6-17-36(42)37-27-28-41-38(45(37)50)30-48(47-41)35-16-12-15-32(29-35)31-13-4-3-5-14-31/h3-30H,1-2H3. The van der Waals surface area contributed by atoms with Crippen LogP contribution in [0.15, 0.2) is 170 Å². The number of benzene rings is 7. The van der Waals surface area contributed by atoms with Crippen molar-refractivity contribution >= 4 is 49.8 Å². The molecule has 4 nitrogen and oxygen atoms in total. The Balaban J connectivity index is 1.13. The Hall–Kier alpha value is -6.39. The molecule has 1 aliphatic rings. The van der Waals surface area contributed by atoms with E-state index in [1.54, 1.807) is 0 Å². The lowest BCUT2D eigenvalue weighted by Gasteiger charge is -2.42. The number of fused-ring (bicyclic) bond motifs is 7. The van der Waals surface area contributed by atoms with Crippen LogP contribution in [0.2, 0.25) is 0 Å². The van der Waals surface area contributed by atoms with Gasteiger partial charge in [0, 0.05) is 39.1 Å². The summed E-state index contributed by atoms with van der Waals surface area (Å²) in [6, 6.07) is 58.9. The van der Waals surface area contributed by atoms with Crippen molar-refractivity contribution in [3.05, 3.63) is 181 Å². The zero-order chi connectivity index (χ0) is 33.4. The second kappa shape index (κ2) is 10.8. The van der Waals surface area contributed by atoms with Gasteiger partial charge in [-0.05, 0) is 89.0 Å². The van der Waals surface area contributed by atoms with Crippen molar-refractivity contribution in [2.45, 2.75) is 19.3 Å². The zero-order valence-corrected chi connectivity index (χ0v) is 28.0. The SMILES string of the molecule is CC1(C)c2ccccc2N(c2ccc(-n3c4ccccc4c4ccc5nn(-c6cccc(-c7ccccc7)c6)cc5c43)cc2)c2ccccc21. The summed E-state index contributed by atoms with van der Waals surface area (Å²) in [5.74, 6) is 0. The minimum Gasteiger partial charge on any atom is -0.310 e. The van der Waals surface area contributed by atoms with Crippen molar-refractivity contribution in [3.63, 3.8) is 0 Å². The molecule has 2 aromatic heterocycles. The summed E-state index contributed by atoms with van der Waals surface area (Å²) < 4.78 is 4.43. The molecule has 0 atom stereocenters. The maximum atomic E-state index is 5.10. The summed E-state index contributed by atoms with van der Waals surface area (Å²) in [4.78, 5) is 2.41. The smallest absolute Gasteiger partial charge is 0.0949 e. The number of nitrogens with zero attached hydrogens (tertiary/aromatic N) is 4. The molecule has 9 aromatic rings. The highest BCUT2D eigenvalue weighted by Crippen LogP contribution is 2.51. The van der Waals surface area contributed by atoms with E-state index in [0.717, 1.165) is 33.5 Å². The topological polar surface area (TPSA) is 26.0 Å². The first-order valence-corrected chi connectivity index (χ1v) is 17.2. The molecular formula is C46H34N4. The number of hydrogen-bond acceptors (Lipinski definition) is 2. The van der Waals surface area contributed by atoms with Crippen LogP contribution in [0, 0.1) is 0 Å². The molecule has 0 unspecified atom stereocenters. The third-order valence-electron chi connectivity index (χ3n) is 10.5. The van der Waals surface area contributed by atoms with Gasteiger partial charge in [-0.15, -0.1) is 0 Å².